The Morgan fingerprint density at radius 1 is 1.16 bits per heavy atom. The van der Waals surface area contributed by atoms with Crippen LogP contribution in [0.4, 0.5) is 5.69 Å². The van der Waals surface area contributed by atoms with E-state index in [-0.39, 0.29) is 29.6 Å². The Bertz CT molecular complexity index is 617. The Morgan fingerprint density at radius 3 is 2.24 bits per heavy atom. The van der Waals surface area contributed by atoms with Crippen molar-refractivity contribution in [3.8, 4) is 5.75 Å². The van der Waals surface area contributed by atoms with E-state index >= 15 is 0 Å². The normalized spacial score (nSPS) is 11.3. The number of nitrogens with zero attached hydrogens (tertiary/aromatic N) is 1. The number of amides is 1. The van der Waals surface area contributed by atoms with Crippen LogP contribution in [-0.4, -0.2) is 42.1 Å². The number of esters is 2. The number of rotatable bonds is 7. The Kier molecular flexibility index (Phi) is 9.78. The number of anilines is 1. The fraction of sp³-hybridized carbons (Fsp3) is 0.471. The molecule has 0 bridgehead atoms. The van der Waals surface area contributed by atoms with E-state index in [1.165, 1.54) is 26.0 Å². The Hall–Kier alpha value is -2.12. The van der Waals surface area contributed by atoms with E-state index in [9.17, 15) is 14.4 Å². The van der Waals surface area contributed by atoms with Gasteiger partial charge in [0.05, 0.1) is 0 Å². The van der Waals surface area contributed by atoms with E-state index in [0.717, 1.165) is 13.1 Å². The minimum atomic E-state index is -0.627. The summed E-state index contributed by atoms with van der Waals surface area (Å²) in [5.41, 5.74) is 0.497. The highest BCUT2D eigenvalue weighted by molar-refractivity contribution is 5.96. The fourth-order valence-corrected chi connectivity index (χ4v) is 2.25. The lowest BCUT2D eigenvalue weighted by atomic mass is 10.1. The average molecular weight is 373 g/mol. The summed E-state index contributed by atoms with van der Waals surface area (Å²) in [6, 6.07) is 4.42. The van der Waals surface area contributed by atoms with Crippen LogP contribution in [0.25, 0.3) is 0 Å². The Balaban J connectivity index is 0.00000576. The van der Waals surface area contributed by atoms with Crippen molar-refractivity contribution in [2.24, 2.45) is 0 Å². The first-order chi connectivity index (χ1) is 11.3. The summed E-state index contributed by atoms with van der Waals surface area (Å²) in [5, 5.41) is 2.58. The quantitative estimate of drug-likeness (QED) is 0.450. The van der Waals surface area contributed by atoms with Gasteiger partial charge in [0, 0.05) is 19.5 Å². The monoisotopic (exact) mass is 372 g/mol. The first kappa shape index (κ1) is 22.9. The smallest absolute Gasteiger partial charge is 0.343 e. The predicted octanol–water partition coefficient (Wildman–Crippen LogP) is 2.84. The van der Waals surface area contributed by atoms with Gasteiger partial charge in [-0.05, 0) is 38.2 Å². The van der Waals surface area contributed by atoms with Crippen molar-refractivity contribution in [1.82, 2.24) is 4.90 Å². The van der Waals surface area contributed by atoms with Crippen LogP contribution < -0.4 is 10.1 Å². The van der Waals surface area contributed by atoms with Gasteiger partial charge >= 0.3 is 11.9 Å². The minimum absolute atomic E-state index is 0. The van der Waals surface area contributed by atoms with Gasteiger partial charge in [0.2, 0.25) is 5.91 Å². The van der Waals surface area contributed by atoms with E-state index in [1.807, 2.05) is 18.7 Å². The number of nitrogens with one attached hydrogen (secondary N) is 1. The predicted molar refractivity (Wildman–Crippen MR) is 97.1 cm³/mol. The molecular formula is C17H25ClN2O5. The standard InChI is InChI=1S/C17H24N2O5.ClH/c1-6-19(7-2)12(4)23-17(22)15-10-14(18-11(3)20)8-9-16(15)24-13(5)21;/h8-10,12H,6-7H2,1-5H3,(H,18,20);1H. The van der Waals surface area contributed by atoms with Crippen molar-refractivity contribution in [2.45, 2.75) is 40.8 Å². The van der Waals surface area contributed by atoms with Crippen LogP contribution in [0.3, 0.4) is 0 Å². The second-order valence-electron chi connectivity index (χ2n) is 5.21. The molecule has 0 spiro atoms. The first-order valence-corrected chi connectivity index (χ1v) is 7.83. The van der Waals surface area contributed by atoms with Gasteiger partial charge in [-0.2, -0.15) is 0 Å². The molecule has 8 heteroatoms. The summed E-state index contributed by atoms with van der Waals surface area (Å²) in [4.78, 5) is 36.8. The van der Waals surface area contributed by atoms with Crippen LogP contribution in [0, 0.1) is 0 Å². The molecule has 1 N–H and O–H groups in total. The zero-order valence-corrected chi connectivity index (χ0v) is 15.9. The van der Waals surface area contributed by atoms with Gasteiger partial charge in [0.15, 0.2) is 6.23 Å². The maximum absolute atomic E-state index is 12.5. The summed E-state index contributed by atoms with van der Waals surface area (Å²) in [6.45, 7) is 9.77. The molecule has 1 atom stereocenters. The average Bonchev–Trinajstić information content (AvgIpc) is 2.48. The molecule has 1 amide bonds. The fourth-order valence-electron chi connectivity index (χ4n) is 2.25. The van der Waals surface area contributed by atoms with Crippen molar-refractivity contribution in [3.05, 3.63) is 23.8 Å². The second-order valence-corrected chi connectivity index (χ2v) is 5.21. The molecule has 0 aliphatic rings. The van der Waals surface area contributed by atoms with Crippen molar-refractivity contribution < 1.29 is 23.9 Å². The molecule has 1 aromatic carbocycles. The van der Waals surface area contributed by atoms with Gasteiger partial charge in [0.25, 0.3) is 0 Å². The molecule has 0 heterocycles. The number of hydrogen-bond donors (Lipinski definition) is 1. The van der Waals surface area contributed by atoms with E-state index in [0.29, 0.717) is 5.69 Å². The molecular weight excluding hydrogens is 348 g/mol. The molecule has 0 aliphatic carbocycles. The lowest BCUT2D eigenvalue weighted by molar-refractivity contribution is -0.131. The maximum Gasteiger partial charge on any atom is 0.343 e. The highest BCUT2D eigenvalue weighted by Crippen LogP contribution is 2.25. The topological polar surface area (TPSA) is 84.9 Å². The molecule has 25 heavy (non-hydrogen) atoms. The summed E-state index contributed by atoms with van der Waals surface area (Å²) in [6.07, 6.45) is -0.429. The summed E-state index contributed by atoms with van der Waals surface area (Å²) in [5.74, 6) is -1.36. The van der Waals surface area contributed by atoms with Gasteiger partial charge in [-0.1, -0.05) is 13.8 Å². The summed E-state index contributed by atoms with van der Waals surface area (Å²) >= 11 is 0. The number of hydrogen-bond acceptors (Lipinski definition) is 6. The summed E-state index contributed by atoms with van der Waals surface area (Å²) in [7, 11) is 0. The van der Waals surface area contributed by atoms with E-state index in [2.05, 4.69) is 5.32 Å². The zero-order chi connectivity index (χ0) is 18.3. The number of benzene rings is 1. The van der Waals surface area contributed by atoms with Crippen molar-refractivity contribution in [2.75, 3.05) is 18.4 Å². The largest absolute Gasteiger partial charge is 0.443 e. The molecule has 1 unspecified atom stereocenters. The van der Waals surface area contributed by atoms with Crippen molar-refractivity contribution in [3.63, 3.8) is 0 Å². The molecule has 140 valence electrons. The van der Waals surface area contributed by atoms with Crippen LogP contribution in [0.2, 0.25) is 0 Å². The van der Waals surface area contributed by atoms with Crippen LogP contribution in [0.15, 0.2) is 18.2 Å². The van der Waals surface area contributed by atoms with Gasteiger partial charge in [-0.25, -0.2) is 4.79 Å². The third kappa shape index (κ3) is 7.11. The minimum Gasteiger partial charge on any atom is -0.443 e. The number of carbonyl (C=O) groups excluding carboxylic acids is 3. The SMILES string of the molecule is CCN(CC)C(C)OC(=O)c1cc(NC(C)=O)ccc1OC(C)=O.Cl. The van der Waals surface area contributed by atoms with Crippen LogP contribution in [-0.2, 0) is 14.3 Å². The van der Waals surface area contributed by atoms with Gasteiger partial charge in [-0.15, -0.1) is 12.4 Å². The molecule has 0 saturated carbocycles. The molecule has 1 aromatic rings. The van der Waals surface area contributed by atoms with Gasteiger partial charge < -0.3 is 14.8 Å². The van der Waals surface area contributed by atoms with E-state index in [4.69, 9.17) is 9.47 Å². The zero-order valence-electron chi connectivity index (χ0n) is 15.1. The molecule has 0 saturated heterocycles. The number of halogens is 1. The Morgan fingerprint density at radius 2 is 1.76 bits per heavy atom. The van der Waals surface area contributed by atoms with Crippen LogP contribution >= 0.6 is 12.4 Å². The highest BCUT2D eigenvalue weighted by Gasteiger charge is 2.21. The van der Waals surface area contributed by atoms with Crippen LogP contribution in [0.1, 0.15) is 45.0 Å². The third-order valence-electron chi connectivity index (χ3n) is 3.38. The molecule has 0 fully saturated rings. The number of ether oxygens (including phenoxy) is 2. The molecule has 7 nitrogen and oxygen atoms in total. The van der Waals surface area contributed by atoms with Gasteiger partial charge in [-0.3, -0.25) is 14.5 Å². The molecule has 1 rings (SSSR count). The number of carbonyl (C=O) groups is 3. The molecule has 0 aliphatic heterocycles. The van der Waals surface area contributed by atoms with E-state index < -0.39 is 18.2 Å². The molecule has 0 radical (unpaired) electrons. The Labute approximate surface area is 154 Å². The highest BCUT2D eigenvalue weighted by atomic mass is 35.5. The van der Waals surface area contributed by atoms with Gasteiger partial charge in [0.1, 0.15) is 11.3 Å². The van der Waals surface area contributed by atoms with E-state index in [1.54, 1.807) is 13.0 Å². The lowest BCUT2D eigenvalue weighted by Crippen LogP contribution is -2.36. The van der Waals surface area contributed by atoms with Crippen molar-refractivity contribution >= 4 is 35.9 Å². The first-order valence-electron chi connectivity index (χ1n) is 7.83. The third-order valence-corrected chi connectivity index (χ3v) is 3.38. The maximum atomic E-state index is 12.5. The van der Waals surface area contributed by atoms with Crippen LogP contribution in [0.5, 0.6) is 5.75 Å². The molecule has 0 aromatic heterocycles. The van der Waals surface area contributed by atoms with Crippen molar-refractivity contribution in [1.29, 1.82) is 0 Å². The summed E-state index contributed by atoms with van der Waals surface area (Å²) < 4.78 is 10.5. The second kappa shape index (κ2) is 10.7. The lowest BCUT2D eigenvalue weighted by Gasteiger charge is -2.26.